The second kappa shape index (κ2) is 3.83. The van der Waals surface area contributed by atoms with Crippen molar-refractivity contribution in [3.05, 3.63) is 29.3 Å². The quantitative estimate of drug-likeness (QED) is 0.810. The molecule has 16 heavy (non-hydrogen) atoms. The molecular weight excluding hydrogens is 220 g/mol. The summed E-state index contributed by atoms with van der Waals surface area (Å²) < 4.78 is 2.83. The molecule has 2 aromatic rings. The topological polar surface area (TPSA) is 46.5 Å². The lowest BCUT2D eigenvalue weighted by molar-refractivity contribution is 0.313. The first-order chi connectivity index (χ1) is 7.86. The van der Waals surface area contributed by atoms with Gasteiger partial charge in [0, 0.05) is 24.0 Å². The first-order valence-corrected chi connectivity index (χ1v) is 5.84. The van der Waals surface area contributed by atoms with Crippen molar-refractivity contribution in [2.75, 3.05) is 0 Å². The van der Waals surface area contributed by atoms with Crippen LogP contribution < -0.4 is 0 Å². The number of aromatic nitrogens is 4. The Hall–Kier alpha value is -1.49. The van der Waals surface area contributed by atoms with E-state index in [1.165, 1.54) is 19.3 Å². The maximum Gasteiger partial charge on any atom is 0.195 e. The molecule has 0 bridgehead atoms. The third-order valence-corrected chi connectivity index (χ3v) is 3.35. The number of aromatic amines is 1. The largest absolute Gasteiger partial charge is 0.297 e. The van der Waals surface area contributed by atoms with Gasteiger partial charge >= 0.3 is 0 Å². The SMILES string of the molecule is S=c1[nH]nc(-c2cccnc2)n1C1CCC1. The first kappa shape index (κ1) is 9.72. The summed E-state index contributed by atoms with van der Waals surface area (Å²) in [5.74, 6) is 0.905. The van der Waals surface area contributed by atoms with E-state index in [0.717, 1.165) is 11.4 Å². The van der Waals surface area contributed by atoms with E-state index in [-0.39, 0.29) is 0 Å². The molecule has 0 radical (unpaired) electrons. The maximum atomic E-state index is 5.27. The lowest BCUT2D eigenvalue weighted by atomic mass is 9.93. The van der Waals surface area contributed by atoms with Crippen LogP contribution in [0.5, 0.6) is 0 Å². The second-order valence-corrected chi connectivity index (χ2v) is 4.44. The second-order valence-electron chi connectivity index (χ2n) is 4.05. The zero-order valence-corrected chi connectivity index (χ0v) is 9.57. The molecule has 0 unspecified atom stereocenters. The fraction of sp³-hybridized carbons (Fsp3) is 0.364. The molecule has 0 aromatic carbocycles. The molecule has 82 valence electrons. The van der Waals surface area contributed by atoms with Crippen molar-refractivity contribution >= 4 is 12.2 Å². The van der Waals surface area contributed by atoms with Crippen molar-refractivity contribution in [2.45, 2.75) is 25.3 Å². The van der Waals surface area contributed by atoms with Crippen molar-refractivity contribution in [3.63, 3.8) is 0 Å². The number of H-pyrrole nitrogens is 1. The summed E-state index contributed by atoms with van der Waals surface area (Å²) in [6.07, 6.45) is 7.25. The van der Waals surface area contributed by atoms with Gasteiger partial charge in [0.05, 0.1) is 0 Å². The van der Waals surface area contributed by atoms with E-state index in [1.807, 2.05) is 18.3 Å². The summed E-state index contributed by atoms with van der Waals surface area (Å²) in [6.45, 7) is 0. The van der Waals surface area contributed by atoms with E-state index in [2.05, 4.69) is 19.7 Å². The first-order valence-electron chi connectivity index (χ1n) is 5.43. The normalized spacial score (nSPS) is 16.0. The highest BCUT2D eigenvalue weighted by Gasteiger charge is 2.23. The van der Waals surface area contributed by atoms with Gasteiger partial charge in [-0.15, -0.1) is 0 Å². The Kier molecular flexibility index (Phi) is 2.32. The summed E-state index contributed by atoms with van der Waals surface area (Å²) in [5.41, 5.74) is 1.02. The number of hydrogen-bond acceptors (Lipinski definition) is 3. The molecule has 0 atom stereocenters. The van der Waals surface area contributed by atoms with Crippen LogP contribution in [0, 0.1) is 4.77 Å². The molecule has 3 rings (SSSR count). The van der Waals surface area contributed by atoms with E-state index >= 15 is 0 Å². The van der Waals surface area contributed by atoms with Crippen LogP contribution in [0.1, 0.15) is 25.3 Å². The summed E-state index contributed by atoms with van der Waals surface area (Å²) in [6, 6.07) is 4.44. The van der Waals surface area contributed by atoms with E-state index in [4.69, 9.17) is 12.2 Å². The van der Waals surface area contributed by atoms with Crippen LogP contribution in [-0.2, 0) is 0 Å². The minimum absolute atomic E-state index is 0.515. The van der Waals surface area contributed by atoms with E-state index in [9.17, 15) is 0 Å². The van der Waals surface area contributed by atoms with Gasteiger partial charge in [-0.25, -0.2) is 0 Å². The van der Waals surface area contributed by atoms with Crippen molar-refractivity contribution in [1.82, 2.24) is 19.7 Å². The standard InChI is InChI=1S/C11H12N4S/c16-11-14-13-10(8-3-2-6-12-7-8)15(11)9-4-1-5-9/h2-3,6-7,9H,1,4-5H2,(H,14,16). The third kappa shape index (κ3) is 1.48. The van der Waals surface area contributed by atoms with Crippen LogP contribution in [0.25, 0.3) is 11.4 Å². The Morgan fingerprint density at radius 1 is 1.44 bits per heavy atom. The average molecular weight is 232 g/mol. The van der Waals surface area contributed by atoms with Gasteiger partial charge in [-0.2, -0.15) is 5.10 Å². The molecule has 5 heteroatoms. The van der Waals surface area contributed by atoms with Gasteiger partial charge in [0.15, 0.2) is 10.6 Å². The van der Waals surface area contributed by atoms with Crippen LogP contribution in [0.2, 0.25) is 0 Å². The lowest BCUT2D eigenvalue weighted by Crippen LogP contribution is -2.18. The van der Waals surface area contributed by atoms with Crippen LogP contribution in [0.15, 0.2) is 24.5 Å². The molecular formula is C11H12N4S. The Morgan fingerprint density at radius 2 is 2.31 bits per heavy atom. The average Bonchev–Trinajstić information content (AvgIpc) is 2.60. The number of nitrogens with one attached hydrogen (secondary N) is 1. The third-order valence-electron chi connectivity index (χ3n) is 3.06. The van der Waals surface area contributed by atoms with Gasteiger partial charge in [0.25, 0.3) is 0 Å². The minimum atomic E-state index is 0.515. The molecule has 1 fully saturated rings. The molecule has 2 heterocycles. The number of rotatable bonds is 2. The molecule has 1 aliphatic rings. The van der Waals surface area contributed by atoms with Gasteiger partial charge in [-0.3, -0.25) is 14.6 Å². The molecule has 0 spiro atoms. The molecule has 2 aromatic heterocycles. The molecule has 0 saturated heterocycles. The summed E-state index contributed by atoms with van der Waals surface area (Å²) in [5, 5.41) is 7.17. The molecule has 1 saturated carbocycles. The van der Waals surface area contributed by atoms with Gasteiger partial charge in [0.2, 0.25) is 0 Å². The fourth-order valence-corrected chi connectivity index (χ4v) is 2.27. The molecule has 0 amide bonds. The molecule has 1 N–H and O–H groups in total. The van der Waals surface area contributed by atoms with Gasteiger partial charge < -0.3 is 0 Å². The molecule has 4 nitrogen and oxygen atoms in total. The van der Waals surface area contributed by atoms with Crippen molar-refractivity contribution in [1.29, 1.82) is 0 Å². The molecule has 1 aliphatic carbocycles. The van der Waals surface area contributed by atoms with E-state index in [1.54, 1.807) is 6.20 Å². The smallest absolute Gasteiger partial charge is 0.195 e. The number of pyridine rings is 1. The zero-order chi connectivity index (χ0) is 11.0. The zero-order valence-electron chi connectivity index (χ0n) is 8.76. The highest BCUT2D eigenvalue weighted by molar-refractivity contribution is 7.71. The summed E-state index contributed by atoms with van der Waals surface area (Å²) in [7, 11) is 0. The Morgan fingerprint density at radius 3 is 2.94 bits per heavy atom. The summed E-state index contributed by atoms with van der Waals surface area (Å²) >= 11 is 5.27. The van der Waals surface area contributed by atoms with Crippen molar-refractivity contribution < 1.29 is 0 Å². The van der Waals surface area contributed by atoms with E-state index < -0.39 is 0 Å². The molecule has 0 aliphatic heterocycles. The highest BCUT2D eigenvalue weighted by Crippen LogP contribution is 2.34. The Balaban J connectivity index is 2.11. The lowest BCUT2D eigenvalue weighted by Gasteiger charge is -2.27. The van der Waals surface area contributed by atoms with Crippen LogP contribution in [0.3, 0.4) is 0 Å². The predicted octanol–water partition coefficient (Wildman–Crippen LogP) is 2.73. The van der Waals surface area contributed by atoms with Crippen molar-refractivity contribution in [3.8, 4) is 11.4 Å². The van der Waals surface area contributed by atoms with Gasteiger partial charge in [0.1, 0.15) is 0 Å². The Labute approximate surface area is 98.3 Å². The van der Waals surface area contributed by atoms with Crippen molar-refractivity contribution in [2.24, 2.45) is 0 Å². The highest BCUT2D eigenvalue weighted by atomic mass is 32.1. The summed E-state index contributed by atoms with van der Waals surface area (Å²) in [4.78, 5) is 4.11. The van der Waals surface area contributed by atoms with Gasteiger partial charge in [-0.05, 0) is 43.6 Å². The number of nitrogens with zero attached hydrogens (tertiary/aromatic N) is 3. The predicted molar refractivity (Wildman–Crippen MR) is 63.5 cm³/mol. The minimum Gasteiger partial charge on any atom is -0.297 e. The van der Waals surface area contributed by atoms with Crippen LogP contribution in [-0.4, -0.2) is 19.7 Å². The van der Waals surface area contributed by atoms with Crippen LogP contribution >= 0.6 is 12.2 Å². The monoisotopic (exact) mass is 232 g/mol. The fourth-order valence-electron chi connectivity index (χ4n) is 1.99. The van der Waals surface area contributed by atoms with Crippen LogP contribution in [0.4, 0.5) is 0 Å². The maximum absolute atomic E-state index is 5.27. The Bertz CT molecular complexity index is 539. The van der Waals surface area contributed by atoms with E-state index in [0.29, 0.717) is 10.8 Å². The number of hydrogen-bond donors (Lipinski definition) is 1. The van der Waals surface area contributed by atoms with Gasteiger partial charge in [-0.1, -0.05) is 0 Å².